The van der Waals surface area contributed by atoms with Gasteiger partial charge in [0.05, 0.1) is 6.10 Å². The fourth-order valence-electron chi connectivity index (χ4n) is 1.40. The molecule has 0 amide bonds. The maximum atomic E-state index is 9.88. The van der Waals surface area contributed by atoms with Crippen molar-refractivity contribution in [3.05, 3.63) is 23.4 Å². The summed E-state index contributed by atoms with van der Waals surface area (Å²) in [6.07, 6.45) is 3.91. The summed E-state index contributed by atoms with van der Waals surface area (Å²) in [4.78, 5) is 3.98. The van der Waals surface area contributed by atoms with Crippen molar-refractivity contribution in [1.82, 2.24) is 4.98 Å². The van der Waals surface area contributed by atoms with Crippen LogP contribution in [0.3, 0.4) is 0 Å². The van der Waals surface area contributed by atoms with Crippen molar-refractivity contribution in [1.29, 1.82) is 0 Å². The quantitative estimate of drug-likeness (QED) is 0.798. The van der Waals surface area contributed by atoms with Crippen molar-refractivity contribution in [2.45, 2.75) is 19.4 Å². The van der Waals surface area contributed by atoms with Crippen LogP contribution >= 0.6 is 11.8 Å². The molecule has 4 heteroatoms. The summed E-state index contributed by atoms with van der Waals surface area (Å²) in [6.45, 7) is 1.94. The Kier molecular flexibility index (Phi) is 4.22. The number of nitrogens with two attached hydrogens (primary N) is 1. The van der Waals surface area contributed by atoms with E-state index >= 15 is 0 Å². The zero-order valence-electron chi connectivity index (χ0n) is 8.53. The number of rotatable bonds is 4. The lowest BCUT2D eigenvalue weighted by atomic mass is 10.0. The third-order valence-electron chi connectivity index (χ3n) is 2.17. The summed E-state index contributed by atoms with van der Waals surface area (Å²) in [7, 11) is 0. The molecule has 1 rings (SSSR count). The molecular formula is C10H16N2OS. The molecule has 78 valence electrons. The average molecular weight is 212 g/mol. The standard InChI is InChI=1S/C10H16N2OS/c1-7-3-5-12-10(11)9(7)8(13)4-6-14-2/h3,5,8,13H,4,6H2,1-2H3,(H2,11,12). The number of hydrogen-bond donors (Lipinski definition) is 2. The van der Waals surface area contributed by atoms with Crippen LogP contribution in [-0.4, -0.2) is 22.1 Å². The minimum atomic E-state index is -0.490. The number of nitrogens with zero attached hydrogens (tertiary/aromatic N) is 1. The average Bonchev–Trinajstić information content (AvgIpc) is 2.14. The van der Waals surface area contributed by atoms with Crippen molar-refractivity contribution in [2.75, 3.05) is 17.7 Å². The zero-order chi connectivity index (χ0) is 10.6. The molecule has 0 aromatic carbocycles. The maximum absolute atomic E-state index is 9.88. The van der Waals surface area contributed by atoms with Gasteiger partial charge in [-0.2, -0.15) is 11.8 Å². The first-order valence-electron chi connectivity index (χ1n) is 4.54. The molecule has 0 saturated carbocycles. The highest BCUT2D eigenvalue weighted by molar-refractivity contribution is 7.98. The molecule has 0 aliphatic carbocycles. The van der Waals surface area contributed by atoms with Gasteiger partial charge in [-0.1, -0.05) is 0 Å². The first kappa shape index (κ1) is 11.3. The van der Waals surface area contributed by atoms with Crippen molar-refractivity contribution in [2.24, 2.45) is 0 Å². The summed E-state index contributed by atoms with van der Waals surface area (Å²) in [6, 6.07) is 1.87. The second-order valence-electron chi connectivity index (χ2n) is 3.22. The van der Waals surface area contributed by atoms with Gasteiger partial charge in [-0.3, -0.25) is 0 Å². The van der Waals surface area contributed by atoms with E-state index in [1.54, 1.807) is 18.0 Å². The van der Waals surface area contributed by atoms with Gasteiger partial charge in [0.1, 0.15) is 5.82 Å². The Morgan fingerprint density at radius 3 is 2.93 bits per heavy atom. The number of aliphatic hydroxyl groups is 1. The molecular weight excluding hydrogens is 196 g/mol. The van der Waals surface area contributed by atoms with Crippen molar-refractivity contribution in [3.8, 4) is 0 Å². The number of aryl methyl sites for hydroxylation is 1. The number of thioether (sulfide) groups is 1. The molecule has 0 spiro atoms. The lowest BCUT2D eigenvalue weighted by molar-refractivity contribution is 0.175. The molecule has 0 fully saturated rings. The van der Waals surface area contributed by atoms with E-state index < -0.39 is 6.10 Å². The molecule has 1 aromatic heterocycles. The van der Waals surface area contributed by atoms with E-state index in [2.05, 4.69) is 4.98 Å². The van der Waals surface area contributed by atoms with E-state index in [-0.39, 0.29) is 0 Å². The lowest BCUT2D eigenvalue weighted by Crippen LogP contribution is -2.07. The Bertz CT molecular complexity index is 284. The molecule has 14 heavy (non-hydrogen) atoms. The van der Waals surface area contributed by atoms with Gasteiger partial charge < -0.3 is 10.8 Å². The lowest BCUT2D eigenvalue weighted by Gasteiger charge is -2.14. The Hall–Kier alpha value is -0.740. The minimum Gasteiger partial charge on any atom is -0.388 e. The van der Waals surface area contributed by atoms with Crippen molar-refractivity contribution < 1.29 is 5.11 Å². The number of aliphatic hydroxyl groups excluding tert-OH is 1. The van der Waals surface area contributed by atoms with Crippen LogP contribution in [0.5, 0.6) is 0 Å². The monoisotopic (exact) mass is 212 g/mol. The van der Waals surface area contributed by atoms with E-state index in [1.807, 2.05) is 19.2 Å². The second-order valence-corrected chi connectivity index (χ2v) is 4.21. The van der Waals surface area contributed by atoms with Crippen LogP contribution < -0.4 is 5.73 Å². The Morgan fingerprint density at radius 1 is 1.64 bits per heavy atom. The molecule has 0 aliphatic heterocycles. The van der Waals surface area contributed by atoms with Crippen molar-refractivity contribution >= 4 is 17.6 Å². The maximum Gasteiger partial charge on any atom is 0.129 e. The molecule has 1 heterocycles. The van der Waals surface area contributed by atoms with E-state index in [0.717, 1.165) is 23.3 Å². The molecule has 0 bridgehead atoms. The fourth-order valence-corrected chi connectivity index (χ4v) is 1.86. The predicted octanol–water partition coefficient (Wildman–Crippen LogP) is 1.76. The van der Waals surface area contributed by atoms with Crippen LogP contribution in [0.15, 0.2) is 12.3 Å². The molecule has 3 nitrogen and oxygen atoms in total. The summed E-state index contributed by atoms with van der Waals surface area (Å²) in [5.74, 6) is 1.37. The molecule has 0 saturated heterocycles. The third kappa shape index (κ3) is 2.62. The number of pyridine rings is 1. The van der Waals surface area contributed by atoms with Crippen LogP contribution in [0.2, 0.25) is 0 Å². The number of aromatic nitrogens is 1. The van der Waals surface area contributed by atoms with Gasteiger partial charge in [-0.25, -0.2) is 4.98 Å². The van der Waals surface area contributed by atoms with E-state index in [4.69, 9.17) is 5.73 Å². The van der Waals surface area contributed by atoms with Crippen molar-refractivity contribution in [3.63, 3.8) is 0 Å². The van der Waals surface area contributed by atoms with Gasteiger partial charge in [0.15, 0.2) is 0 Å². The summed E-state index contributed by atoms with van der Waals surface area (Å²) in [5, 5.41) is 9.88. The van der Waals surface area contributed by atoms with Gasteiger partial charge in [0.2, 0.25) is 0 Å². The zero-order valence-corrected chi connectivity index (χ0v) is 9.34. The number of nitrogen functional groups attached to an aromatic ring is 1. The molecule has 0 aliphatic rings. The Balaban J connectivity index is 2.82. The van der Waals surface area contributed by atoms with E-state index in [0.29, 0.717) is 5.82 Å². The highest BCUT2D eigenvalue weighted by Gasteiger charge is 2.13. The SMILES string of the molecule is CSCCC(O)c1c(C)ccnc1N. The van der Waals surface area contributed by atoms with Crippen LogP contribution in [0, 0.1) is 6.92 Å². The largest absolute Gasteiger partial charge is 0.388 e. The molecule has 3 N–H and O–H groups in total. The van der Waals surface area contributed by atoms with Gasteiger partial charge in [-0.05, 0) is 37.0 Å². The highest BCUT2D eigenvalue weighted by atomic mass is 32.2. The predicted molar refractivity (Wildman–Crippen MR) is 61.3 cm³/mol. The highest BCUT2D eigenvalue weighted by Crippen LogP contribution is 2.25. The summed E-state index contributed by atoms with van der Waals surface area (Å²) in [5.41, 5.74) is 7.50. The van der Waals surface area contributed by atoms with E-state index in [1.165, 1.54) is 0 Å². The van der Waals surface area contributed by atoms with Crippen LogP contribution in [0.4, 0.5) is 5.82 Å². The van der Waals surface area contributed by atoms with Crippen LogP contribution in [-0.2, 0) is 0 Å². The van der Waals surface area contributed by atoms with Gasteiger partial charge in [0.25, 0.3) is 0 Å². The summed E-state index contributed by atoms with van der Waals surface area (Å²) >= 11 is 1.72. The number of hydrogen-bond acceptors (Lipinski definition) is 4. The Labute approximate surface area is 88.7 Å². The first-order valence-corrected chi connectivity index (χ1v) is 5.94. The minimum absolute atomic E-state index is 0.443. The van der Waals surface area contributed by atoms with Gasteiger partial charge in [-0.15, -0.1) is 0 Å². The summed E-state index contributed by atoms with van der Waals surface area (Å²) < 4.78 is 0. The number of anilines is 1. The molecule has 1 aromatic rings. The van der Waals surface area contributed by atoms with E-state index in [9.17, 15) is 5.11 Å². The second kappa shape index (κ2) is 5.22. The van der Waals surface area contributed by atoms with Crippen LogP contribution in [0.25, 0.3) is 0 Å². The Morgan fingerprint density at radius 2 is 2.36 bits per heavy atom. The smallest absolute Gasteiger partial charge is 0.129 e. The molecule has 1 unspecified atom stereocenters. The van der Waals surface area contributed by atoms with Gasteiger partial charge in [0, 0.05) is 11.8 Å². The van der Waals surface area contributed by atoms with Crippen LogP contribution in [0.1, 0.15) is 23.7 Å². The van der Waals surface area contributed by atoms with Gasteiger partial charge >= 0.3 is 0 Å². The normalized spacial score (nSPS) is 12.8. The molecule has 1 atom stereocenters. The fraction of sp³-hybridized carbons (Fsp3) is 0.500. The third-order valence-corrected chi connectivity index (χ3v) is 2.81. The first-order chi connectivity index (χ1) is 6.66. The topological polar surface area (TPSA) is 59.1 Å². The molecule has 0 radical (unpaired) electrons.